The molecule has 0 aliphatic rings. The monoisotopic (exact) mass is 336 g/mol. The molecule has 0 amide bonds. The molecule has 0 aromatic carbocycles. The standard InChI is InChI=1S/C10H17BrN4O2S/c1-7(2)10-14-8(11)6-9(15-10)12-4-5-13-18(3,16)17/h6-7,13H,4-5H2,1-3H3,(H,12,14,15). The van der Waals surface area contributed by atoms with Gasteiger partial charge in [0.1, 0.15) is 16.2 Å². The van der Waals surface area contributed by atoms with Gasteiger partial charge in [0.15, 0.2) is 0 Å². The molecule has 0 aliphatic heterocycles. The third kappa shape index (κ3) is 5.74. The number of rotatable bonds is 6. The lowest BCUT2D eigenvalue weighted by molar-refractivity contribution is 0.589. The van der Waals surface area contributed by atoms with Crippen molar-refractivity contribution >= 4 is 31.8 Å². The topological polar surface area (TPSA) is 84.0 Å². The Morgan fingerprint density at radius 2 is 2.00 bits per heavy atom. The predicted molar refractivity (Wildman–Crippen MR) is 75.2 cm³/mol. The summed E-state index contributed by atoms with van der Waals surface area (Å²) in [6.07, 6.45) is 1.13. The van der Waals surface area contributed by atoms with Crippen molar-refractivity contribution in [3.63, 3.8) is 0 Å². The van der Waals surface area contributed by atoms with Gasteiger partial charge in [-0.15, -0.1) is 0 Å². The Labute approximate surface area is 116 Å². The number of sulfonamides is 1. The summed E-state index contributed by atoms with van der Waals surface area (Å²) in [5.41, 5.74) is 0. The molecule has 0 radical (unpaired) electrons. The average molecular weight is 337 g/mol. The zero-order valence-corrected chi connectivity index (χ0v) is 13.0. The van der Waals surface area contributed by atoms with Crippen LogP contribution in [0.3, 0.4) is 0 Å². The highest BCUT2D eigenvalue weighted by atomic mass is 79.9. The molecule has 0 saturated heterocycles. The first-order valence-corrected chi connectivity index (χ1v) is 8.19. The Bertz CT molecular complexity index is 505. The van der Waals surface area contributed by atoms with Gasteiger partial charge in [0, 0.05) is 25.1 Å². The zero-order chi connectivity index (χ0) is 13.8. The van der Waals surface area contributed by atoms with Crippen LogP contribution in [0, 0.1) is 0 Å². The lowest BCUT2D eigenvalue weighted by atomic mass is 10.2. The molecule has 2 N–H and O–H groups in total. The summed E-state index contributed by atoms with van der Waals surface area (Å²) < 4.78 is 24.8. The second-order valence-electron chi connectivity index (χ2n) is 4.18. The van der Waals surface area contributed by atoms with E-state index in [1.165, 1.54) is 0 Å². The summed E-state index contributed by atoms with van der Waals surface area (Å²) in [5.74, 6) is 1.65. The quantitative estimate of drug-likeness (QED) is 0.604. The van der Waals surface area contributed by atoms with Crippen molar-refractivity contribution in [2.75, 3.05) is 24.7 Å². The molecule has 0 atom stereocenters. The second kappa shape index (κ2) is 6.44. The van der Waals surface area contributed by atoms with Crippen LogP contribution in [0.1, 0.15) is 25.6 Å². The highest BCUT2D eigenvalue weighted by molar-refractivity contribution is 9.10. The summed E-state index contributed by atoms with van der Waals surface area (Å²) in [6, 6.07) is 1.76. The molecule has 1 heterocycles. The summed E-state index contributed by atoms with van der Waals surface area (Å²) >= 11 is 3.32. The molecule has 102 valence electrons. The fourth-order valence-corrected chi connectivity index (χ4v) is 2.08. The molecule has 1 rings (SSSR count). The zero-order valence-electron chi connectivity index (χ0n) is 10.6. The third-order valence-corrected chi connectivity index (χ3v) is 3.16. The van der Waals surface area contributed by atoms with Gasteiger partial charge < -0.3 is 5.32 Å². The van der Waals surface area contributed by atoms with Crippen LogP contribution >= 0.6 is 15.9 Å². The minimum absolute atomic E-state index is 0.234. The van der Waals surface area contributed by atoms with Gasteiger partial charge in [-0.05, 0) is 15.9 Å². The molecular formula is C10H17BrN4O2S. The molecule has 0 fully saturated rings. The predicted octanol–water partition coefficient (Wildman–Crippen LogP) is 1.32. The van der Waals surface area contributed by atoms with Crippen molar-refractivity contribution in [1.29, 1.82) is 0 Å². The maximum atomic E-state index is 10.9. The fourth-order valence-electron chi connectivity index (χ4n) is 1.21. The first-order valence-electron chi connectivity index (χ1n) is 5.51. The van der Waals surface area contributed by atoms with E-state index in [0.717, 1.165) is 12.1 Å². The molecule has 0 spiro atoms. The van der Waals surface area contributed by atoms with Gasteiger partial charge in [0.25, 0.3) is 0 Å². The van der Waals surface area contributed by atoms with E-state index in [1.54, 1.807) is 6.07 Å². The molecule has 0 aliphatic carbocycles. The van der Waals surface area contributed by atoms with Crippen molar-refractivity contribution < 1.29 is 8.42 Å². The molecule has 18 heavy (non-hydrogen) atoms. The largest absolute Gasteiger partial charge is 0.369 e. The van der Waals surface area contributed by atoms with Crippen LogP contribution < -0.4 is 10.0 Å². The van der Waals surface area contributed by atoms with Gasteiger partial charge in [-0.1, -0.05) is 13.8 Å². The lowest BCUT2D eigenvalue weighted by Crippen LogP contribution is -2.27. The molecule has 6 nitrogen and oxygen atoms in total. The Balaban J connectivity index is 2.57. The first-order chi connectivity index (χ1) is 8.28. The van der Waals surface area contributed by atoms with E-state index in [1.807, 2.05) is 13.8 Å². The molecule has 0 bridgehead atoms. The summed E-state index contributed by atoms with van der Waals surface area (Å²) in [6.45, 7) is 4.80. The van der Waals surface area contributed by atoms with Gasteiger partial charge in [-0.2, -0.15) is 0 Å². The summed E-state index contributed by atoms with van der Waals surface area (Å²) in [7, 11) is -3.14. The van der Waals surface area contributed by atoms with Gasteiger partial charge >= 0.3 is 0 Å². The van der Waals surface area contributed by atoms with Crippen molar-refractivity contribution in [3.05, 3.63) is 16.5 Å². The van der Waals surface area contributed by atoms with E-state index in [-0.39, 0.29) is 5.92 Å². The van der Waals surface area contributed by atoms with E-state index >= 15 is 0 Å². The molecule has 1 aromatic heterocycles. The smallest absolute Gasteiger partial charge is 0.208 e. The van der Waals surface area contributed by atoms with Crippen molar-refractivity contribution in [1.82, 2.24) is 14.7 Å². The summed E-state index contributed by atoms with van der Waals surface area (Å²) in [4.78, 5) is 8.59. The normalized spacial score (nSPS) is 11.8. The van der Waals surface area contributed by atoms with Crippen molar-refractivity contribution in [2.24, 2.45) is 0 Å². The van der Waals surface area contributed by atoms with Crippen molar-refractivity contribution in [3.8, 4) is 0 Å². The maximum absolute atomic E-state index is 10.9. The molecule has 8 heteroatoms. The maximum Gasteiger partial charge on any atom is 0.208 e. The lowest BCUT2D eigenvalue weighted by Gasteiger charge is -2.09. The number of hydrogen-bond donors (Lipinski definition) is 2. The van der Waals surface area contributed by atoms with E-state index in [9.17, 15) is 8.42 Å². The number of anilines is 1. The molecule has 0 unspecified atom stereocenters. The van der Waals surface area contributed by atoms with E-state index in [4.69, 9.17) is 0 Å². The Hall–Kier alpha value is -0.730. The minimum Gasteiger partial charge on any atom is -0.369 e. The van der Waals surface area contributed by atoms with Crippen LogP contribution in [-0.4, -0.2) is 37.7 Å². The summed E-state index contributed by atoms with van der Waals surface area (Å²) in [5, 5.41) is 3.05. The molecule has 0 saturated carbocycles. The van der Waals surface area contributed by atoms with Crippen molar-refractivity contribution in [2.45, 2.75) is 19.8 Å². The van der Waals surface area contributed by atoms with Crippen LogP contribution in [0.5, 0.6) is 0 Å². The van der Waals surface area contributed by atoms with Crippen LogP contribution in [-0.2, 0) is 10.0 Å². The van der Waals surface area contributed by atoms with Gasteiger partial charge in [0.2, 0.25) is 10.0 Å². The SMILES string of the molecule is CC(C)c1nc(Br)cc(NCCNS(C)(=O)=O)n1. The van der Waals surface area contributed by atoms with Gasteiger partial charge in [-0.3, -0.25) is 0 Å². The van der Waals surface area contributed by atoms with Crippen LogP contribution in [0.2, 0.25) is 0 Å². The number of hydrogen-bond acceptors (Lipinski definition) is 5. The second-order valence-corrected chi connectivity index (χ2v) is 6.83. The number of nitrogens with zero attached hydrogens (tertiary/aromatic N) is 2. The first kappa shape index (κ1) is 15.3. The van der Waals surface area contributed by atoms with Crippen LogP contribution in [0.15, 0.2) is 10.7 Å². The van der Waals surface area contributed by atoms with Crippen LogP contribution in [0.4, 0.5) is 5.82 Å². The number of halogens is 1. The van der Waals surface area contributed by atoms with Crippen LogP contribution in [0.25, 0.3) is 0 Å². The van der Waals surface area contributed by atoms with Gasteiger partial charge in [-0.25, -0.2) is 23.1 Å². The Morgan fingerprint density at radius 3 is 2.56 bits per heavy atom. The third-order valence-electron chi connectivity index (χ3n) is 2.02. The average Bonchev–Trinajstić information content (AvgIpc) is 2.22. The number of aromatic nitrogens is 2. The highest BCUT2D eigenvalue weighted by Crippen LogP contribution is 2.17. The fraction of sp³-hybridized carbons (Fsp3) is 0.600. The molecule has 1 aromatic rings. The van der Waals surface area contributed by atoms with E-state index < -0.39 is 10.0 Å². The highest BCUT2D eigenvalue weighted by Gasteiger charge is 2.06. The van der Waals surface area contributed by atoms with E-state index in [2.05, 4.69) is 35.9 Å². The number of nitrogens with one attached hydrogen (secondary N) is 2. The van der Waals surface area contributed by atoms with Gasteiger partial charge in [0.05, 0.1) is 6.26 Å². The van der Waals surface area contributed by atoms with E-state index in [0.29, 0.717) is 23.5 Å². The molecular weight excluding hydrogens is 320 g/mol. The Morgan fingerprint density at radius 1 is 1.33 bits per heavy atom. The Kier molecular flexibility index (Phi) is 5.48. The minimum atomic E-state index is -3.14.